The fraction of sp³-hybridized carbons (Fsp3) is 0.294. The summed E-state index contributed by atoms with van der Waals surface area (Å²) in [5.41, 5.74) is 5.35. The molecule has 0 heterocycles. The minimum Gasteiger partial charge on any atom is -0.457 e. The molecule has 0 amide bonds. The highest BCUT2D eigenvalue weighted by Crippen LogP contribution is 2.25. The molecular weight excluding hydrogens is 424 g/mol. The van der Waals surface area contributed by atoms with E-state index in [-0.39, 0.29) is 0 Å². The first-order chi connectivity index (χ1) is 17.2. The van der Waals surface area contributed by atoms with Gasteiger partial charge in [-0.25, -0.2) is 0 Å². The van der Waals surface area contributed by atoms with Crippen molar-refractivity contribution in [2.75, 3.05) is 0 Å². The van der Waals surface area contributed by atoms with E-state index in [1.165, 1.54) is 22.3 Å². The van der Waals surface area contributed by atoms with Crippen molar-refractivity contribution >= 4 is 0 Å². The van der Waals surface area contributed by atoms with Crippen molar-refractivity contribution in [2.24, 2.45) is 0 Å². The molecule has 1 heteroatoms. The van der Waals surface area contributed by atoms with E-state index in [1.54, 1.807) is 0 Å². The molecule has 4 aromatic carbocycles. The maximum Gasteiger partial charge on any atom is 0.127 e. The third kappa shape index (κ3) is 13.9. The number of benzene rings is 4. The fourth-order valence-corrected chi connectivity index (χ4v) is 2.86. The molecular formula is C34H48O. The minimum atomic E-state index is 0.869. The van der Waals surface area contributed by atoms with Gasteiger partial charge in [0.1, 0.15) is 11.5 Å². The topological polar surface area (TPSA) is 9.23 Å². The lowest BCUT2D eigenvalue weighted by Gasteiger charge is -2.08. The van der Waals surface area contributed by atoms with Crippen LogP contribution in [0.25, 0.3) is 11.1 Å². The summed E-state index contributed by atoms with van der Waals surface area (Å²) in [5, 5.41) is 0. The second-order valence-electron chi connectivity index (χ2n) is 6.36. The highest BCUT2D eigenvalue weighted by Gasteiger charge is 2.02. The zero-order valence-corrected chi connectivity index (χ0v) is 23.8. The first-order valence-electron chi connectivity index (χ1n) is 13.1. The van der Waals surface area contributed by atoms with Gasteiger partial charge in [-0.05, 0) is 60.4 Å². The second-order valence-corrected chi connectivity index (χ2v) is 6.36. The van der Waals surface area contributed by atoms with Crippen LogP contribution in [0.5, 0.6) is 11.5 Å². The van der Waals surface area contributed by atoms with Crippen LogP contribution in [-0.4, -0.2) is 0 Å². The van der Waals surface area contributed by atoms with Crippen molar-refractivity contribution in [3.63, 3.8) is 0 Å². The summed E-state index contributed by atoms with van der Waals surface area (Å²) in [5.74, 6) is 1.74. The molecule has 0 aliphatic heterocycles. The number of ether oxygens (including phenoxy) is 1. The Kier molecular flexibility index (Phi) is 23.0. The van der Waals surface area contributed by atoms with Crippen molar-refractivity contribution in [1.82, 2.24) is 0 Å². The highest BCUT2D eigenvalue weighted by atomic mass is 16.5. The molecule has 0 spiro atoms. The molecule has 0 radical (unpaired) electrons. The summed E-state index contributed by atoms with van der Waals surface area (Å²) in [6.07, 6.45) is 0. The lowest BCUT2D eigenvalue weighted by atomic mass is 9.97. The van der Waals surface area contributed by atoms with E-state index < -0.39 is 0 Å². The summed E-state index contributed by atoms with van der Waals surface area (Å²) >= 11 is 0. The van der Waals surface area contributed by atoms with Gasteiger partial charge in [0.25, 0.3) is 0 Å². The first-order valence-corrected chi connectivity index (χ1v) is 13.1. The fourth-order valence-electron chi connectivity index (χ4n) is 2.86. The lowest BCUT2D eigenvalue weighted by Crippen LogP contribution is -1.85. The van der Waals surface area contributed by atoms with Gasteiger partial charge in [0.05, 0.1) is 0 Å². The molecule has 4 aromatic rings. The van der Waals surface area contributed by atoms with E-state index in [1.807, 2.05) is 116 Å². The molecule has 4 rings (SSSR count). The van der Waals surface area contributed by atoms with E-state index >= 15 is 0 Å². The first kappa shape index (κ1) is 33.9. The van der Waals surface area contributed by atoms with Gasteiger partial charge >= 0.3 is 0 Å². The van der Waals surface area contributed by atoms with E-state index in [0.717, 1.165) is 11.5 Å². The molecule has 0 saturated heterocycles. The summed E-state index contributed by atoms with van der Waals surface area (Å²) in [7, 11) is 0. The molecule has 190 valence electrons. The van der Waals surface area contributed by atoms with Gasteiger partial charge in [-0.1, -0.05) is 140 Å². The van der Waals surface area contributed by atoms with Crippen molar-refractivity contribution in [3.8, 4) is 22.6 Å². The van der Waals surface area contributed by atoms with Gasteiger partial charge in [0, 0.05) is 0 Å². The van der Waals surface area contributed by atoms with Crippen LogP contribution in [0.3, 0.4) is 0 Å². The molecule has 0 atom stereocenters. The Hall–Kier alpha value is -3.32. The number of hydrogen-bond donors (Lipinski definition) is 0. The van der Waals surface area contributed by atoms with Crippen LogP contribution >= 0.6 is 0 Å². The zero-order chi connectivity index (χ0) is 26.9. The number of hydrogen-bond acceptors (Lipinski definition) is 1. The Morgan fingerprint density at radius 2 is 0.600 bits per heavy atom. The molecule has 1 nitrogen and oxygen atoms in total. The lowest BCUT2D eigenvalue weighted by molar-refractivity contribution is 0.482. The average Bonchev–Trinajstić information content (AvgIpc) is 2.95. The van der Waals surface area contributed by atoms with Crippen LogP contribution in [0, 0.1) is 13.8 Å². The van der Waals surface area contributed by atoms with E-state index in [0.29, 0.717) is 0 Å². The monoisotopic (exact) mass is 472 g/mol. The zero-order valence-electron chi connectivity index (χ0n) is 23.8. The van der Waals surface area contributed by atoms with Gasteiger partial charge in [-0.3, -0.25) is 0 Å². The molecule has 0 unspecified atom stereocenters. The molecule has 0 fully saturated rings. The van der Waals surface area contributed by atoms with Crippen molar-refractivity contribution < 1.29 is 4.74 Å². The van der Waals surface area contributed by atoms with Crippen LogP contribution in [-0.2, 0) is 0 Å². The van der Waals surface area contributed by atoms with Crippen molar-refractivity contribution in [2.45, 2.75) is 69.2 Å². The van der Waals surface area contributed by atoms with Gasteiger partial charge in [0.2, 0.25) is 0 Å². The number of para-hydroxylation sites is 2. The van der Waals surface area contributed by atoms with E-state index in [9.17, 15) is 0 Å². The SMILES string of the molecule is CC.CC.CC.CC.Cc1ccccc1-c1ccccc1C.c1ccc(Oc2ccccc2)cc1. The summed E-state index contributed by atoms with van der Waals surface area (Å²) < 4.78 is 5.58. The summed E-state index contributed by atoms with van der Waals surface area (Å²) in [6.45, 7) is 20.3. The third-order valence-electron chi connectivity index (χ3n) is 4.30. The molecule has 0 aliphatic rings. The van der Waals surface area contributed by atoms with Gasteiger partial charge in [-0.15, -0.1) is 0 Å². The number of aryl methyl sites for hydroxylation is 2. The predicted octanol–water partition coefficient (Wildman–Crippen LogP) is 11.6. The van der Waals surface area contributed by atoms with E-state index in [2.05, 4.69) is 62.4 Å². The summed E-state index contributed by atoms with van der Waals surface area (Å²) in [4.78, 5) is 0. The second kappa shape index (κ2) is 23.8. The summed E-state index contributed by atoms with van der Waals surface area (Å²) in [6, 6.07) is 36.5. The normalized spacial score (nSPS) is 8.29. The maximum atomic E-state index is 5.58. The van der Waals surface area contributed by atoms with Gasteiger partial charge < -0.3 is 4.74 Å². The molecule has 0 saturated carbocycles. The molecule has 0 aromatic heterocycles. The molecule has 0 aliphatic carbocycles. The van der Waals surface area contributed by atoms with Crippen molar-refractivity contribution in [1.29, 1.82) is 0 Å². The van der Waals surface area contributed by atoms with Crippen molar-refractivity contribution in [3.05, 3.63) is 120 Å². The molecule has 0 bridgehead atoms. The smallest absolute Gasteiger partial charge is 0.127 e. The average molecular weight is 473 g/mol. The number of rotatable bonds is 3. The largest absolute Gasteiger partial charge is 0.457 e. The maximum absolute atomic E-state index is 5.58. The van der Waals surface area contributed by atoms with Crippen LogP contribution in [0.1, 0.15) is 66.5 Å². The van der Waals surface area contributed by atoms with Gasteiger partial charge in [-0.2, -0.15) is 0 Å². The third-order valence-corrected chi connectivity index (χ3v) is 4.30. The molecule has 0 N–H and O–H groups in total. The highest BCUT2D eigenvalue weighted by molar-refractivity contribution is 5.70. The Balaban J connectivity index is 0. The quantitative estimate of drug-likeness (QED) is 0.288. The van der Waals surface area contributed by atoms with Gasteiger partial charge in [0.15, 0.2) is 0 Å². The Labute approximate surface area is 216 Å². The van der Waals surface area contributed by atoms with Crippen LogP contribution in [0.2, 0.25) is 0 Å². The Morgan fingerprint density at radius 1 is 0.343 bits per heavy atom. The van der Waals surface area contributed by atoms with Crippen LogP contribution in [0.15, 0.2) is 109 Å². The molecule has 35 heavy (non-hydrogen) atoms. The Morgan fingerprint density at radius 3 is 0.886 bits per heavy atom. The van der Waals surface area contributed by atoms with Crippen LogP contribution < -0.4 is 4.74 Å². The van der Waals surface area contributed by atoms with E-state index in [4.69, 9.17) is 4.74 Å². The Bertz CT molecular complexity index is 879. The predicted molar refractivity (Wildman–Crippen MR) is 160 cm³/mol. The standard InChI is InChI=1S/C14H14.C12H10O.4C2H6/c1-11-7-3-5-9-13(11)14-10-6-4-8-12(14)2;1-3-7-11(8-4-1)13-12-9-5-2-6-10-12;4*1-2/h3-10H,1-2H3;1-10H;4*1-2H3. The van der Waals surface area contributed by atoms with Crippen LogP contribution in [0.4, 0.5) is 0 Å². The minimum absolute atomic E-state index is 0.869.